The van der Waals surface area contributed by atoms with Crippen molar-refractivity contribution in [3.8, 4) is 0 Å². The van der Waals surface area contributed by atoms with Crippen LogP contribution in [0.2, 0.25) is 0 Å². The minimum absolute atomic E-state index is 0.0141. The van der Waals surface area contributed by atoms with Crippen molar-refractivity contribution in [2.75, 3.05) is 27.2 Å². The predicted molar refractivity (Wildman–Crippen MR) is 83.7 cm³/mol. The maximum atomic E-state index is 12.9. The van der Waals surface area contributed by atoms with Crippen LogP contribution in [0, 0.1) is 5.92 Å². The average Bonchev–Trinajstić information content (AvgIpc) is 3.13. The first-order chi connectivity index (χ1) is 10.9. The summed E-state index contributed by atoms with van der Waals surface area (Å²) < 4.78 is 31.8. The van der Waals surface area contributed by atoms with Gasteiger partial charge >= 0.3 is 5.97 Å². The van der Waals surface area contributed by atoms with E-state index in [1.54, 1.807) is 17.3 Å². The maximum Gasteiger partial charge on any atom is 0.349 e. The highest BCUT2D eigenvalue weighted by molar-refractivity contribution is 7.89. The van der Waals surface area contributed by atoms with E-state index < -0.39 is 16.0 Å². The standard InChI is InChI=1S/C14H18N2O5S2/c1-15-10-8-16(5-3-9(10)7-12(15)17)23(19,20)11-4-6-22-13(11)14(18)21-2/h4,6,9-10H,3,5,7-8H2,1-2H3/t9-,10-/m1/s1. The largest absolute Gasteiger partial charge is 0.465 e. The minimum atomic E-state index is -3.78. The van der Waals surface area contributed by atoms with Crippen molar-refractivity contribution in [3.05, 3.63) is 16.3 Å². The maximum absolute atomic E-state index is 12.9. The van der Waals surface area contributed by atoms with Crippen molar-refractivity contribution >= 4 is 33.2 Å². The molecule has 2 fully saturated rings. The first kappa shape index (κ1) is 16.4. The van der Waals surface area contributed by atoms with Crippen molar-refractivity contribution in [2.24, 2.45) is 5.92 Å². The number of esters is 1. The summed E-state index contributed by atoms with van der Waals surface area (Å²) in [6, 6.07) is 1.34. The van der Waals surface area contributed by atoms with Gasteiger partial charge in [-0.15, -0.1) is 11.3 Å². The third-order valence-electron chi connectivity index (χ3n) is 4.63. The van der Waals surface area contributed by atoms with E-state index in [-0.39, 0.29) is 34.2 Å². The quantitative estimate of drug-likeness (QED) is 0.746. The highest BCUT2D eigenvalue weighted by Crippen LogP contribution is 2.35. The topological polar surface area (TPSA) is 84.0 Å². The van der Waals surface area contributed by atoms with Crippen LogP contribution in [0.3, 0.4) is 0 Å². The van der Waals surface area contributed by atoms with Crippen LogP contribution in [0.5, 0.6) is 0 Å². The van der Waals surface area contributed by atoms with Crippen molar-refractivity contribution in [2.45, 2.75) is 23.8 Å². The molecule has 1 aromatic rings. The number of thiophene rings is 1. The normalized spacial score (nSPS) is 25.5. The number of likely N-dealkylation sites (tertiary alicyclic amines) is 1. The lowest BCUT2D eigenvalue weighted by Crippen LogP contribution is -2.49. The van der Waals surface area contributed by atoms with Gasteiger partial charge < -0.3 is 9.64 Å². The number of carbonyl (C=O) groups is 2. The van der Waals surface area contributed by atoms with Crippen LogP contribution in [-0.2, 0) is 19.6 Å². The molecule has 0 unspecified atom stereocenters. The second-order valence-electron chi connectivity index (χ2n) is 5.79. The Morgan fingerprint density at radius 2 is 2.17 bits per heavy atom. The Bertz CT molecular complexity index is 742. The molecule has 0 N–H and O–H groups in total. The molecular formula is C14H18N2O5S2. The molecule has 7 nitrogen and oxygen atoms in total. The summed E-state index contributed by atoms with van der Waals surface area (Å²) in [6.45, 7) is 0.632. The molecule has 0 bridgehead atoms. The van der Waals surface area contributed by atoms with Gasteiger partial charge in [0.1, 0.15) is 9.77 Å². The first-order valence-electron chi connectivity index (χ1n) is 7.28. The van der Waals surface area contributed by atoms with Gasteiger partial charge in [0.2, 0.25) is 15.9 Å². The molecule has 126 valence electrons. The fourth-order valence-corrected chi connectivity index (χ4v) is 6.06. The van der Waals surface area contributed by atoms with Crippen LogP contribution in [0.15, 0.2) is 16.3 Å². The number of methoxy groups -OCH3 is 1. The van der Waals surface area contributed by atoms with Gasteiger partial charge in [0.05, 0.1) is 7.11 Å². The molecule has 23 heavy (non-hydrogen) atoms. The first-order valence-corrected chi connectivity index (χ1v) is 9.60. The number of hydrogen-bond acceptors (Lipinski definition) is 6. The summed E-state index contributed by atoms with van der Waals surface area (Å²) in [5.41, 5.74) is 0. The molecule has 0 aliphatic carbocycles. The number of ether oxygens (including phenoxy) is 1. The summed E-state index contributed by atoms with van der Waals surface area (Å²) in [6.07, 6.45) is 1.14. The summed E-state index contributed by atoms with van der Waals surface area (Å²) in [7, 11) is -0.838. The van der Waals surface area contributed by atoms with Gasteiger partial charge in [-0.05, 0) is 23.8 Å². The van der Waals surface area contributed by atoms with Crippen molar-refractivity contribution in [1.29, 1.82) is 0 Å². The molecule has 0 saturated carbocycles. The van der Waals surface area contributed by atoms with Crippen molar-refractivity contribution < 1.29 is 22.7 Å². The highest BCUT2D eigenvalue weighted by atomic mass is 32.2. The molecule has 2 aliphatic rings. The Labute approximate surface area is 138 Å². The minimum Gasteiger partial charge on any atom is -0.465 e. The molecule has 2 saturated heterocycles. The Kier molecular flexibility index (Phi) is 4.19. The van der Waals surface area contributed by atoms with Crippen LogP contribution in [0.4, 0.5) is 0 Å². The third kappa shape index (κ3) is 2.66. The second-order valence-corrected chi connectivity index (χ2v) is 8.62. The van der Waals surface area contributed by atoms with Gasteiger partial charge in [0.25, 0.3) is 0 Å². The van der Waals surface area contributed by atoms with Gasteiger partial charge in [0, 0.05) is 32.6 Å². The molecule has 1 aromatic heterocycles. The number of sulfonamides is 1. The number of carbonyl (C=O) groups excluding carboxylic acids is 2. The summed E-state index contributed by atoms with van der Waals surface area (Å²) >= 11 is 1.05. The van der Waals surface area contributed by atoms with Gasteiger partial charge in [0.15, 0.2) is 0 Å². The molecule has 3 heterocycles. The number of rotatable bonds is 3. The molecule has 3 rings (SSSR count). The zero-order chi connectivity index (χ0) is 16.8. The number of likely N-dealkylation sites (N-methyl/N-ethyl adjacent to an activating group) is 1. The molecule has 2 atom stereocenters. The fraction of sp³-hybridized carbons (Fsp3) is 0.571. The van der Waals surface area contributed by atoms with E-state index in [1.165, 1.54) is 17.5 Å². The van der Waals surface area contributed by atoms with Crippen LogP contribution in [-0.4, -0.2) is 62.8 Å². The summed E-state index contributed by atoms with van der Waals surface area (Å²) in [5, 5.41) is 1.57. The smallest absolute Gasteiger partial charge is 0.349 e. The molecule has 0 aromatic carbocycles. The van der Waals surface area contributed by atoms with E-state index >= 15 is 0 Å². The molecule has 0 radical (unpaired) electrons. The lowest BCUT2D eigenvalue weighted by molar-refractivity contribution is -0.127. The molecule has 0 spiro atoms. The summed E-state index contributed by atoms with van der Waals surface area (Å²) in [5.74, 6) is -0.381. The fourth-order valence-electron chi connectivity index (χ4n) is 3.28. The van der Waals surface area contributed by atoms with E-state index in [2.05, 4.69) is 4.74 Å². The molecule has 1 amide bonds. The second kappa shape index (κ2) is 5.88. The van der Waals surface area contributed by atoms with Crippen LogP contribution >= 0.6 is 11.3 Å². The molecular weight excluding hydrogens is 340 g/mol. The van der Waals surface area contributed by atoms with E-state index in [9.17, 15) is 18.0 Å². The third-order valence-corrected chi connectivity index (χ3v) is 7.56. The van der Waals surface area contributed by atoms with Crippen molar-refractivity contribution in [1.82, 2.24) is 9.21 Å². The number of piperidine rings is 1. The number of amides is 1. The molecule has 9 heteroatoms. The highest BCUT2D eigenvalue weighted by Gasteiger charge is 2.44. The number of fused-ring (bicyclic) bond motifs is 1. The van der Waals surface area contributed by atoms with Gasteiger partial charge in [-0.2, -0.15) is 4.31 Å². The SMILES string of the molecule is COC(=O)c1sccc1S(=O)(=O)N1CC[C@@H]2CC(=O)N(C)[C@@H]2C1. The van der Waals surface area contributed by atoms with Crippen LogP contribution in [0.1, 0.15) is 22.5 Å². The Morgan fingerprint density at radius 1 is 1.43 bits per heavy atom. The monoisotopic (exact) mass is 358 g/mol. The predicted octanol–water partition coefficient (Wildman–Crippen LogP) is 0.776. The van der Waals surface area contributed by atoms with Gasteiger partial charge in [-0.25, -0.2) is 13.2 Å². The Hall–Kier alpha value is -1.45. The Morgan fingerprint density at radius 3 is 2.87 bits per heavy atom. The van der Waals surface area contributed by atoms with Crippen LogP contribution < -0.4 is 0 Å². The van der Waals surface area contributed by atoms with E-state index in [4.69, 9.17) is 0 Å². The zero-order valence-electron chi connectivity index (χ0n) is 12.9. The molecule has 2 aliphatic heterocycles. The lowest BCUT2D eigenvalue weighted by Gasteiger charge is -2.36. The summed E-state index contributed by atoms with van der Waals surface area (Å²) in [4.78, 5) is 25.3. The van der Waals surface area contributed by atoms with E-state index in [0.717, 1.165) is 11.3 Å². The van der Waals surface area contributed by atoms with Gasteiger partial charge in [-0.1, -0.05) is 0 Å². The van der Waals surface area contributed by atoms with E-state index in [0.29, 0.717) is 19.4 Å². The van der Waals surface area contributed by atoms with Crippen LogP contribution in [0.25, 0.3) is 0 Å². The lowest BCUT2D eigenvalue weighted by atomic mass is 9.93. The Balaban J connectivity index is 1.88. The zero-order valence-corrected chi connectivity index (χ0v) is 14.5. The number of hydrogen-bond donors (Lipinski definition) is 0. The van der Waals surface area contributed by atoms with Crippen molar-refractivity contribution in [3.63, 3.8) is 0 Å². The number of nitrogens with zero attached hydrogens (tertiary/aromatic N) is 2. The average molecular weight is 358 g/mol. The van der Waals surface area contributed by atoms with Gasteiger partial charge in [-0.3, -0.25) is 4.79 Å². The van der Waals surface area contributed by atoms with E-state index in [1.807, 2.05) is 0 Å².